The van der Waals surface area contributed by atoms with Gasteiger partial charge in [0.1, 0.15) is 0 Å². The number of aryl methyl sites for hydroxylation is 1. The molecule has 1 unspecified atom stereocenters. The predicted octanol–water partition coefficient (Wildman–Crippen LogP) is 3.02. The van der Waals surface area contributed by atoms with Crippen LogP contribution in [0.3, 0.4) is 0 Å². The van der Waals surface area contributed by atoms with Crippen molar-refractivity contribution in [2.24, 2.45) is 5.73 Å². The van der Waals surface area contributed by atoms with Crippen molar-refractivity contribution in [1.29, 1.82) is 0 Å². The second-order valence-corrected chi connectivity index (χ2v) is 4.65. The van der Waals surface area contributed by atoms with Gasteiger partial charge in [-0.2, -0.15) is 0 Å². The highest BCUT2D eigenvalue weighted by Crippen LogP contribution is 2.21. The number of nitrogens with zero attached hydrogens (tertiary/aromatic N) is 1. The smallest absolute Gasteiger partial charge is 0.269 e. The first-order chi connectivity index (χ1) is 9.58. The number of non-ortho nitro benzene ring substituents is 1. The molecule has 20 heavy (non-hydrogen) atoms. The van der Waals surface area contributed by atoms with Crippen molar-refractivity contribution in [2.45, 2.75) is 13.0 Å². The summed E-state index contributed by atoms with van der Waals surface area (Å²) in [5.41, 5.74) is 8.95. The normalized spacial score (nSPS) is 11.9. The molecule has 0 saturated heterocycles. The first-order valence-corrected chi connectivity index (χ1v) is 6.37. The van der Waals surface area contributed by atoms with Crippen LogP contribution in [0.25, 0.3) is 0 Å². The molecule has 5 heteroatoms. The molecule has 0 radical (unpaired) electrons. The lowest BCUT2D eigenvalue weighted by Crippen LogP contribution is -2.20. The highest BCUT2D eigenvalue weighted by atomic mass is 16.6. The predicted molar refractivity (Wildman–Crippen MR) is 79.7 cm³/mol. The van der Waals surface area contributed by atoms with Crippen LogP contribution < -0.4 is 11.1 Å². The van der Waals surface area contributed by atoms with E-state index in [-0.39, 0.29) is 11.7 Å². The molecular formula is C15H17N3O2. The molecule has 0 heterocycles. The highest BCUT2D eigenvalue weighted by molar-refractivity contribution is 5.55. The zero-order chi connectivity index (χ0) is 14.5. The van der Waals surface area contributed by atoms with Crippen molar-refractivity contribution >= 4 is 11.4 Å². The van der Waals surface area contributed by atoms with Gasteiger partial charge in [0.2, 0.25) is 0 Å². The number of anilines is 1. The zero-order valence-electron chi connectivity index (χ0n) is 11.2. The van der Waals surface area contributed by atoms with E-state index in [1.165, 1.54) is 6.07 Å². The molecule has 0 spiro atoms. The molecule has 0 aliphatic carbocycles. The Balaban J connectivity index is 2.02. The van der Waals surface area contributed by atoms with Crippen LogP contribution in [0.2, 0.25) is 0 Å². The monoisotopic (exact) mass is 271 g/mol. The van der Waals surface area contributed by atoms with Gasteiger partial charge in [-0.1, -0.05) is 30.3 Å². The van der Waals surface area contributed by atoms with Crippen molar-refractivity contribution < 1.29 is 4.92 Å². The fourth-order valence-corrected chi connectivity index (χ4v) is 2.00. The van der Waals surface area contributed by atoms with E-state index < -0.39 is 4.92 Å². The molecule has 0 bridgehead atoms. The number of nitrogens with one attached hydrogen (secondary N) is 1. The average Bonchev–Trinajstić information content (AvgIpc) is 2.46. The van der Waals surface area contributed by atoms with Gasteiger partial charge in [0.25, 0.3) is 5.69 Å². The lowest BCUT2D eigenvalue weighted by atomic mass is 10.1. The van der Waals surface area contributed by atoms with E-state index in [2.05, 4.69) is 5.32 Å². The standard InChI is InChI=1S/C15H17N3O2/c1-11-9-13(18(19)20)7-8-15(11)17-10-14(16)12-5-3-2-4-6-12/h2-9,14,17H,10,16H2,1H3. The molecule has 5 nitrogen and oxygen atoms in total. The second kappa shape index (κ2) is 6.16. The summed E-state index contributed by atoms with van der Waals surface area (Å²) in [6.45, 7) is 2.41. The van der Waals surface area contributed by atoms with Crippen molar-refractivity contribution in [2.75, 3.05) is 11.9 Å². The Morgan fingerprint density at radius 1 is 1.25 bits per heavy atom. The van der Waals surface area contributed by atoms with Crippen LogP contribution in [0.5, 0.6) is 0 Å². The minimum Gasteiger partial charge on any atom is -0.383 e. The lowest BCUT2D eigenvalue weighted by molar-refractivity contribution is -0.384. The SMILES string of the molecule is Cc1cc([N+](=O)[O-])ccc1NCC(N)c1ccccc1. The molecule has 2 aromatic rings. The molecule has 0 fully saturated rings. The Hall–Kier alpha value is -2.40. The van der Waals surface area contributed by atoms with Crippen LogP contribution in [0.1, 0.15) is 17.2 Å². The third-order valence-corrected chi connectivity index (χ3v) is 3.16. The van der Waals surface area contributed by atoms with Crippen LogP contribution in [0.4, 0.5) is 11.4 Å². The molecule has 0 aliphatic heterocycles. The maximum absolute atomic E-state index is 10.7. The fraction of sp³-hybridized carbons (Fsp3) is 0.200. The van der Waals surface area contributed by atoms with Crippen molar-refractivity contribution in [3.63, 3.8) is 0 Å². The van der Waals surface area contributed by atoms with Crippen molar-refractivity contribution in [3.8, 4) is 0 Å². The topological polar surface area (TPSA) is 81.2 Å². The van der Waals surface area contributed by atoms with E-state index in [1.807, 2.05) is 37.3 Å². The Morgan fingerprint density at radius 2 is 1.95 bits per heavy atom. The van der Waals surface area contributed by atoms with Gasteiger partial charge in [0.05, 0.1) is 4.92 Å². The van der Waals surface area contributed by atoms with E-state index in [0.29, 0.717) is 6.54 Å². The summed E-state index contributed by atoms with van der Waals surface area (Å²) >= 11 is 0. The maximum Gasteiger partial charge on any atom is 0.269 e. The van der Waals surface area contributed by atoms with Gasteiger partial charge in [-0.25, -0.2) is 0 Å². The Labute approximate surface area is 117 Å². The number of benzene rings is 2. The lowest BCUT2D eigenvalue weighted by Gasteiger charge is -2.15. The quantitative estimate of drug-likeness (QED) is 0.647. The molecule has 2 aromatic carbocycles. The van der Waals surface area contributed by atoms with Crippen LogP contribution in [0.15, 0.2) is 48.5 Å². The molecule has 0 aromatic heterocycles. The maximum atomic E-state index is 10.7. The first-order valence-electron chi connectivity index (χ1n) is 6.37. The van der Waals surface area contributed by atoms with Gasteiger partial charge < -0.3 is 11.1 Å². The second-order valence-electron chi connectivity index (χ2n) is 4.65. The third kappa shape index (κ3) is 3.33. The largest absolute Gasteiger partial charge is 0.383 e. The Bertz CT molecular complexity index is 599. The van der Waals surface area contributed by atoms with E-state index in [4.69, 9.17) is 5.73 Å². The van der Waals surface area contributed by atoms with Gasteiger partial charge in [-0.05, 0) is 24.1 Å². The molecule has 104 valence electrons. The number of nitro groups is 1. The summed E-state index contributed by atoms with van der Waals surface area (Å²) in [7, 11) is 0. The molecule has 1 atom stereocenters. The minimum absolute atomic E-state index is 0.0976. The van der Waals surface area contributed by atoms with Crippen LogP contribution in [0, 0.1) is 17.0 Å². The molecule has 0 amide bonds. The average molecular weight is 271 g/mol. The summed E-state index contributed by atoms with van der Waals surface area (Å²) in [4.78, 5) is 10.3. The van der Waals surface area contributed by atoms with Gasteiger partial charge in [0, 0.05) is 30.4 Å². The molecular weight excluding hydrogens is 254 g/mol. The number of nitrogens with two attached hydrogens (primary N) is 1. The van der Waals surface area contributed by atoms with Gasteiger partial charge in [0.15, 0.2) is 0 Å². The number of nitro benzene ring substituents is 1. The summed E-state index contributed by atoms with van der Waals surface area (Å²) in [5.74, 6) is 0. The minimum atomic E-state index is -0.396. The number of rotatable bonds is 5. The molecule has 0 aliphatic rings. The Morgan fingerprint density at radius 3 is 2.55 bits per heavy atom. The Kier molecular flexibility index (Phi) is 4.32. The molecule has 0 saturated carbocycles. The fourth-order valence-electron chi connectivity index (χ4n) is 2.00. The summed E-state index contributed by atoms with van der Waals surface area (Å²) in [6.07, 6.45) is 0. The highest BCUT2D eigenvalue weighted by Gasteiger charge is 2.09. The zero-order valence-corrected chi connectivity index (χ0v) is 11.2. The van der Waals surface area contributed by atoms with E-state index in [9.17, 15) is 10.1 Å². The van der Waals surface area contributed by atoms with Crippen LogP contribution in [-0.4, -0.2) is 11.5 Å². The molecule has 3 N–H and O–H groups in total. The van der Waals surface area contributed by atoms with Crippen molar-refractivity contribution in [3.05, 3.63) is 69.8 Å². The summed E-state index contributed by atoms with van der Waals surface area (Å²) in [6, 6.07) is 14.4. The van der Waals surface area contributed by atoms with Crippen LogP contribution in [-0.2, 0) is 0 Å². The van der Waals surface area contributed by atoms with E-state index in [1.54, 1.807) is 12.1 Å². The number of hydrogen-bond donors (Lipinski definition) is 2. The van der Waals surface area contributed by atoms with Crippen molar-refractivity contribution in [1.82, 2.24) is 0 Å². The van der Waals surface area contributed by atoms with Gasteiger partial charge in [-0.15, -0.1) is 0 Å². The van der Waals surface area contributed by atoms with E-state index >= 15 is 0 Å². The van der Waals surface area contributed by atoms with Gasteiger partial charge >= 0.3 is 0 Å². The van der Waals surface area contributed by atoms with Gasteiger partial charge in [-0.3, -0.25) is 10.1 Å². The first kappa shape index (κ1) is 14.0. The van der Waals surface area contributed by atoms with Crippen LogP contribution >= 0.6 is 0 Å². The molecule has 2 rings (SSSR count). The van der Waals surface area contributed by atoms with E-state index in [0.717, 1.165) is 16.8 Å². The summed E-state index contributed by atoms with van der Waals surface area (Å²) < 4.78 is 0. The number of hydrogen-bond acceptors (Lipinski definition) is 4. The summed E-state index contributed by atoms with van der Waals surface area (Å²) in [5, 5.41) is 13.9. The third-order valence-electron chi connectivity index (χ3n) is 3.16.